The van der Waals surface area contributed by atoms with E-state index in [0.29, 0.717) is 17.7 Å². The van der Waals surface area contributed by atoms with Crippen molar-refractivity contribution in [2.75, 3.05) is 19.8 Å². The summed E-state index contributed by atoms with van der Waals surface area (Å²) in [5.74, 6) is -1.31. The highest BCUT2D eigenvalue weighted by molar-refractivity contribution is 5.92. The van der Waals surface area contributed by atoms with Crippen molar-refractivity contribution in [3.8, 4) is 5.75 Å². The van der Waals surface area contributed by atoms with Crippen molar-refractivity contribution >= 4 is 17.9 Å². The SMILES string of the molecule is CC(COC(=O)c1ccccc1)OCC(C)OC(=O)c1ccccc1.CCOC(=O)c1ccccc1O. The van der Waals surface area contributed by atoms with Gasteiger partial charge in [-0.2, -0.15) is 0 Å². The van der Waals surface area contributed by atoms with E-state index >= 15 is 0 Å². The minimum atomic E-state index is -0.490. The van der Waals surface area contributed by atoms with Crippen LogP contribution in [0.5, 0.6) is 5.75 Å². The molecule has 0 radical (unpaired) electrons. The average Bonchev–Trinajstić information content (AvgIpc) is 2.92. The number of para-hydroxylation sites is 1. The number of carbonyl (C=O) groups is 3. The van der Waals surface area contributed by atoms with Crippen LogP contribution in [0, 0.1) is 0 Å². The Morgan fingerprint density at radius 2 is 1.22 bits per heavy atom. The molecule has 0 spiro atoms. The van der Waals surface area contributed by atoms with E-state index in [1.807, 2.05) is 12.1 Å². The molecule has 3 rings (SSSR count). The van der Waals surface area contributed by atoms with Crippen LogP contribution in [0.4, 0.5) is 0 Å². The zero-order valence-electron chi connectivity index (χ0n) is 21.2. The van der Waals surface area contributed by atoms with Gasteiger partial charge in [0.2, 0.25) is 0 Å². The molecule has 0 fully saturated rings. The third-order valence-corrected chi connectivity index (χ3v) is 4.79. The van der Waals surface area contributed by atoms with E-state index in [2.05, 4.69) is 0 Å². The fourth-order valence-corrected chi connectivity index (χ4v) is 2.91. The molecule has 0 saturated carbocycles. The van der Waals surface area contributed by atoms with Crippen LogP contribution in [-0.4, -0.2) is 55.0 Å². The van der Waals surface area contributed by atoms with Gasteiger partial charge in [0.1, 0.15) is 24.0 Å². The van der Waals surface area contributed by atoms with Gasteiger partial charge in [-0.15, -0.1) is 0 Å². The highest BCUT2D eigenvalue weighted by Gasteiger charge is 2.15. The zero-order chi connectivity index (χ0) is 27.0. The Labute approximate surface area is 216 Å². The molecule has 1 N–H and O–H groups in total. The highest BCUT2D eigenvalue weighted by atomic mass is 16.6. The van der Waals surface area contributed by atoms with E-state index in [1.165, 1.54) is 12.1 Å². The number of hydrogen-bond acceptors (Lipinski definition) is 8. The molecule has 0 aromatic heterocycles. The van der Waals surface area contributed by atoms with Crippen molar-refractivity contribution in [2.24, 2.45) is 0 Å². The van der Waals surface area contributed by atoms with Gasteiger partial charge in [0, 0.05) is 0 Å². The average molecular weight is 509 g/mol. The summed E-state index contributed by atoms with van der Waals surface area (Å²) in [6.07, 6.45) is -0.703. The Bertz CT molecular complexity index is 1120. The van der Waals surface area contributed by atoms with Gasteiger partial charge in [0.05, 0.1) is 30.4 Å². The topological polar surface area (TPSA) is 108 Å². The van der Waals surface area contributed by atoms with Crippen LogP contribution in [0.3, 0.4) is 0 Å². The second-order valence-electron chi connectivity index (χ2n) is 7.93. The molecule has 2 atom stereocenters. The maximum absolute atomic E-state index is 11.9. The van der Waals surface area contributed by atoms with E-state index < -0.39 is 12.1 Å². The Balaban J connectivity index is 0.000000335. The number of ether oxygens (including phenoxy) is 4. The van der Waals surface area contributed by atoms with E-state index in [-0.39, 0.29) is 42.6 Å². The number of phenolic OH excluding ortho intramolecular Hbond substituents is 1. The van der Waals surface area contributed by atoms with E-state index in [9.17, 15) is 19.5 Å². The first kappa shape index (κ1) is 29.1. The maximum atomic E-state index is 11.9. The number of rotatable bonds is 10. The summed E-state index contributed by atoms with van der Waals surface area (Å²) in [5, 5.41) is 9.21. The van der Waals surface area contributed by atoms with Crippen molar-refractivity contribution in [2.45, 2.75) is 33.0 Å². The van der Waals surface area contributed by atoms with E-state index in [4.69, 9.17) is 18.9 Å². The summed E-state index contributed by atoms with van der Waals surface area (Å²) < 4.78 is 20.8. The lowest BCUT2D eigenvalue weighted by molar-refractivity contribution is -0.0379. The molecule has 0 heterocycles. The lowest BCUT2D eigenvalue weighted by atomic mass is 10.2. The summed E-state index contributed by atoms with van der Waals surface area (Å²) >= 11 is 0. The number of phenols is 1. The Morgan fingerprint density at radius 3 is 1.78 bits per heavy atom. The van der Waals surface area contributed by atoms with Crippen LogP contribution in [-0.2, 0) is 18.9 Å². The minimum Gasteiger partial charge on any atom is -0.507 e. The van der Waals surface area contributed by atoms with Gasteiger partial charge in [-0.1, -0.05) is 48.5 Å². The lowest BCUT2D eigenvalue weighted by Crippen LogP contribution is -2.26. The molecule has 8 heteroatoms. The molecule has 3 aromatic rings. The fourth-order valence-electron chi connectivity index (χ4n) is 2.91. The molecule has 0 saturated heterocycles. The Kier molecular flexibility index (Phi) is 12.4. The van der Waals surface area contributed by atoms with Crippen molar-refractivity contribution in [3.05, 3.63) is 102 Å². The van der Waals surface area contributed by atoms with Crippen LogP contribution in [0.2, 0.25) is 0 Å². The normalized spacial score (nSPS) is 11.8. The van der Waals surface area contributed by atoms with Crippen molar-refractivity contribution in [1.82, 2.24) is 0 Å². The fraction of sp³-hybridized carbons (Fsp3) is 0.276. The number of hydrogen-bond donors (Lipinski definition) is 1. The molecular weight excluding hydrogens is 476 g/mol. The predicted molar refractivity (Wildman–Crippen MR) is 138 cm³/mol. The van der Waals surface area contributed by atoms with Gasteiger partial charge in [0.25, 0.3) is 0 Å². The van der Waals surface area contributed by atoms with Crippen molar-refractivity contribution in [3.63, 3.8) is 0 Å². The quantitative estimate of drug-likeness (QED) is 0.299. The highest BCUT2D eigenvalue weighted by Crippen LogP contribution is 2.16. The first-order valence-corrected chi connectivity index (χ1v) is 11.9. The summed E-state index contributed by atoms with van der Waals surface area (Å²) in [6.45, 7) is 5.94. The van der Waals surface area contributed by atoms with Gasteiger partial charge < -0.3 is 24.1 Å². The smallest absolute Gasteiger partial charge is 0.341 e. The first-order valence-electron chi connectivity index (χ1n) is 11.9. The Morgan fingerprint density at radius 1 is 0.676 bits per heavy atom. The number of esters is 3. The lowest BCUT2D eigenvalue weighted by Gasteiger charge is -2.17. The molecule has 3 aromatic carbocycles. The number of aromatic hydroxyl groups is 1. The van der Waals surface area contributed by atoms with Crippen LogP contribution >= 0.6 is 0 Å². The number of carbonyl (C=O) groups excluding carboxylic acids is 3. The van der Waals surface area contributed by atoms with Gasteiger partial charge in [-0.05, 0) is 57.2 Å². The summed E-state index contributed by atoms with van der Waals surface area (Å²) in [7, 11) is 0. The molecule has 2 unspecified atom stereocenters. The number of benzene rings is 3. The van der Waals surface area contributed by atoms with Gasteiger partial charge in [-0.25, -0.2) is 14.4 Å². The van der Waals surface area contributed by atoms with Crippen LogP contribution in [0.15, 0.2) is 84.9 Å². The van der Waals surface area contributed by atoms with Crippen LogP contribution < -0.4 is 0 Å². The third kappa shape index (κ3) is 10.5. The summed E-state index contributed by atoms with van der Waals surface area (Å²) in [4.78, 5) is 34.9. The second-order valence-corrected chi connectivity index (χ2v) is 7.93. The van der Waals surface area contributed by atoms with Gasteiger partial charge in [-0.3, -0.25) is 0 Å². The monoisotopic (exact) mass is 508 g/mol. The molecule has 196 valence electrons. The molecule has 0 aliphatic heterocycles. The molecule has 0 bridgehead atoms. The predicted octanol–water partition coefficient (Wildman–Crippen LogP) is 5.06. The molecule has 37 heavy (non-hydrogen) atoms. The largest absolute Gasteiger partial charge is 0.507 e. The minimum absolute atomic E-state index is 0.0454. The van der Waals surface area contributed by atoms with Crippen molar-refractivity contribution < 1.29 is 38.4 Å². The maximum Gasteiger partial charge on any atom is 0.341 e. The second kappa shape index (κ2) is 15.7. The third-order valence-electron chi connectivity index (χ3n) is 4.79. The molecular formula is C29H32O8. The van der Waals surface area contributed by atoms with Crippen LogP contribution in [0.1, 0.15) is 51.8 Å². The summed E-state index contributed by atoms with van der Waals surface area (Å²) in [6, 6.07) is 23.9. The standard InChI is InChI=1S/C20H22O5.C9H10O3/c1-15(13-24-19(21)17-9-5-3-6-10-17)23-14-16(2)25-20(22)18-11-7-4-8-12-18;1-2-12-9(11)7-5-3-4-6-8(7)10/h3-12,15-16H,13-14H2,1-2H3;3-6,10H,2H2,1H3. The van der Waals surface area contributed by atoms with E-state index in [1.54, 1.807) is 81.4 Å². The Hall–Kier alpha value is -4.17. The van der Waals surface area contributed by atoms with Gasteiger partial charge in [0.15, 0.2) is 0 Å². The molecule has 0 amide bonds. The van der Waals surface area contributed by atoms with Crippen molar-refractivity contribution in [1.29, 1.82) is 0 Å². The zero-order valence-corrected chi connectivity index (χ0v) is 21.2. The van der Waals surface area contributed by atoms with E-state index in [0.717, 1.165) is 0 Å². The molecule has 8 nitrogen and oxygen atoms in total. The molecule has 0 aliphatic carbocycles. The van der Waals surface area contributed by atoms with Gasteiger partial charge >= 0.3 is 17.9 Å². The first-order chi connectivity index (χ1) is 17.8. The van der Waals surface area contributed by atoms with Crippen LogP contribution in [0.25, 0.3) is 0 Å². The summed E-state index contributed by atoms with van der Waals surface area (Å²) in [5.41, 5.74) is 1.21. The molecule has 0 aliphatic rings.